The molecule has 2 atom stereocenters. The van der Waals surface area contributed by atoms with Crippen LogP contribution >= 0.6 is 0 Å². The van der Waals surface area contributed by atoms with Crippen LogP contribution in [0.4, 0.5) is 4.79 Å². The zero-order valence-corrected chi connectivity index (χ0v) is 22.1. The molecule has 0 heterocycles. The third-order valence-electron chi connectivity index (χ3n) is 5.28. The van der Waals surface area contributed by atoms with Crippen LogP contribution in [0.15, 0.2) is 24.3 Å². The summed E-state index contributed by atoms with van der Waals surface area (Å²) in [6.45, 7) is 9.69. The summed E-state index contributed by atoms with van der Waals surface area (Å²) < 4.78 is 5.27. The Bertz CT molecular complexity index is 866. The number of rotatable bonds is 14. The molecule has 0 aliphatic carbocycles. The van der Waals surface area contributed by atoms with Crippen molar-refractivity contribution in [2.24, 2.45) is 5.73 Å². The number of nitrogens with zero attached hydrogens (tertiary/aromatic N) is 1. The number of phenolic OH excluding ortho intramolecular Hbond substituents is 1. The van der Waals surface area contributed by atoms with Crippen LogP contribution in [0.2, 0.25) is 0 Å². The largest absolute Gasteiger partial charge is 0.508 e. The molecule has 1 rings (SSSR count). The smallest absolute Gasteiger partial charge is 0.408 e. The van der Waals surface area contributed by atoms with Crippen LogP contribution in [0.3, 0.4) is 0 Å². The lowest BCUT2D eigenvalue weighted by Crippen LogP contribution is -2.54. The third kappa shape index (κ3) is 11.0. The zero-order chi connectivity index (χ0) is 27.3. The van der Waals surface area contributed by atoms with Crippen molar-refractivity contribution >= 4 is 23.8 Å². The van der Waals surface area contributed by atoms with Gasteiger partial charge in [-0.1, -0.05) is 45.2 Å². The zero-order valence-electron chi connectivity index (χ0n) is 22.1. The Balaban J connectivity index is 3.42. The lowest BCUT2D eigenvalue weighted by Gasteiger charge is -2.34. The fraction of sp³-hybridized carbons (Fsp3) is 0.615. The van der Waals surface area contributed by atoms with Gasteiger partial charge in [-0.25, -0.2) is 4.79 Å². The average molecular weight is 507 g/mol. The molecule has 0 saturated carbocycles. The van der Waals surface area contributed by atoms with Gasteiger partial charge in [0.15, 0.2) is 0 Å². The molecule has 0 radical (unpaired) electrons. The monoisotopic (exact) mass is 506 g/mol. The lowest BCUT2D eigenvalue weighted by molar-refractivity contribution is -0.143. The molecule has 10 nitrogen and oxygen atoms in total. The number of phenols is 1. The molecule has 0 aromatic heterocycles. The van der Waals surface area contributed by atoms with E-state index in [0.717, 1.165) is 25.7 Å². The van der Waals surface area contributed by atoms with Crippen LogP contribution in [0.1, 0.15) is 84.7 Å². The van der Waals surface area contributed by atoms with Crippen molar-refractivity contribution in [3.8, 4) is 5.75 Å². The molecule has 0 fully saturated rings. The van der Waals surface area contributed by atoms with Gasteiger partial charge in [0.25, 0.3) is 0 Å². The first kappa shape index (κ1) is 30.7. The summed E-state index contributed by atoms with van der Waals surface area (Å²) >= 11 is 0. The molecule has 1 aromatic carbocycles. The summed E-state index contributed by atoms with van der Waals surface area (Å²) in [7, 11) is 0. The van der Waals surface area contributed by atoms with Gasteiger partial charge < -0.3 is 31.1 Å². The Morgan fingerprint density at radius 2 is 1.64 bits per heavy atom. The lowest BCUT2D eigenvalue weighted by atomic mass is 10.0. The fourth-order valence-electron chi connectivity index (χ4n) is 3.56. The molecule has 4 amide bonds. The molecule has 2 unspecified atom stereocenters. The van der Waals surface area contributed by atoms with Crippen molar-refractivity contribution in [1.29, 1.82) is 0 Å². The van der Waals surface area contributed by atoms with E-state index in [1.165, 1.54) is 17.0 Å². The summed E-state index contributed by atoms with van der Waals surface area (Å²) in [6.07, 6.45) is 2.62. The summed E-state index contributed by atoms with van der Waals surface area (Å²) in [5.41, 5.74) is 5.06. The van der Waals surface area contributed by atoms with Gasteiger partial charge in [-0.05, 0) is 51.3 Å². The first-order chi connectivity index (χ1) is 16.9. The van der Waals surface area contributed by atoms with Gasteiger partial charge in [0.2, 0.25) is 17.7 Å². The molecule has 0 aliphatic rings. The Kier molecular flexibility index (Phi) is 12.8. The number of nitrogens with one attached hydrogen (secondary N) is 2. The van der Waals surface area contributed by atoms with Crippen molar-refractivity contribution in [2.45, 2.75) is 90.8 Å². The number of benzene rings is 1. The molecule has 10 heteroatoms. The number of hydrogen-bond donors (Lipinski definition) is 4. The predicted molar refractivity (Wildman–Crippen MR) is 137 cm³/mol. The number of ether oxygens (including phenoxy) is 1. The molecular formula is C26H42N4O6. The number of primary amides is 1. The van der Waals surface area contributed by atoms with Gasteiger partial charge in [0.05, 0.1) is 6.42 Å². The SMILES string of the molecule is CCCCCN(C(=O)C(CC(N)=O)NC(=O)OC(C)(C)C)C(C(=O)NCCCC)c1ccc(O)cc1. The van der Waals surface area contributed by atoms with E-state index in [4.69, 9.17) is 10.5 Å². The van der Waals surface area contributed by atoms with Crippen LogP contribution in [-0.4, -0.2) is 58.6 Å². The molecule has 1 aromatic rings. The van der Waals surface area contributed by atoms with E-state index in [1.54, 1.807) is 32.9 Å². The number of carbonyl (C=O) groups excluding carboxylic acids is 4. The van der Waals surface area contributed by atoms with E-state index in [1.807, 2.05) is 13.8 Å². The number of amides is 4. The van der Waals surface area contributed by atoms with Crippen LogP contribution in [0.5, 0.6) is 5.75 Å². The number of nitrogens with two attached hydrogens (primary N) is 1. The van der Waals surface area contributed by atoms with E-state index in [0.29, 0.717) is 18.5 Å². The minimum atomic E-state index is -1.32. The quantitative estimate of drug-likeness (QED) is 0.285. The highest BCUT2D eigenvalue weighted by Gasteiger charge is 2.36. The molecule has 0 bridgehead atoms. The Hall–Kier alpha value is -3.30. The second-order valence-electron chi connectivity index (χ2n) is 9.75. The number of aromatic hydroxyl groups is 1. The van der Waals surface area contributed by atoms with Crippen molar-refractivity contribution in [3.05, 3.63) is 29.8 Å². The topological polar surface area (TPSA) is 151 Å². The van der Waals surface area contributed by atoms with Gasteiger partial charge in [-0.15, -0.1) is 0 Å². The van der Waals surface area contributed by atoms with E-state index in [9.17, 15) is 24.3 Å². The molecule has 36 heavy (non-hydrogen) atoms. The summed E-state index contributed by atoms with van der Waals surface area (Å²) in [5, 5.41) is 15.1. The van der Waals surface area contributed by atoms with E-state index >= 15 is 0 Å². The minimum Gasteiger partial charge on any atom is -0.508 e. The number of unbranched alkanes of at least 4 members (excludes halogenated alkanes) is 3. The van der Waals surface area contributed by atoms with Gasteiger partial charge in [0, 0.05) is 13.1 Å². The maximum absolute atomic E-state index is 13.8. The van der Waals surface area contributed by atoms with Crippen molar-refractivity contribution in [2.75, 3.05) is 13.1 Å². The Morgan fingerprint density at radius 1 is 1.03 bits per heavy atom. The fourth-order valence-corrected chi connectivity index (χ4v) is 3.56. The highest BCUT2D eigenvalue weighted by molar-refractivity contribution is 5.94. The maximum Gasteiger partial charge on any atom is 0.408 e. The molecule has 202 valence electrons. The first-order valence-corrected chi connectivity index (χ1v) is 12.5. The minimum absolute atomic E-state index is 0.0194. The van der Waals surface area contributed by atoms with E-state index in [-0.39, 0.29) is 12.3 Å². The summed E-state index contributed by atoms with van der Waals surface area (Å²) in [5.74, 6) is -1.79. The molecule has 5 N–H and O–H groups in total. The van der Waals surface area contributed by atoms with E-state index < -0.39 is 47.9 Å². The number of carbonyl (C=O) groups is 4. The maximum atomic E-state index is 13.8. The van der Waals surface area contributed by atoms with Gasteiger partial charge >= 0.3 is 6.09 Å². The van der Waals surface area contributed by atoms with Gasteiger partial charge in [-0.3, -0.25) is 14.4 Å². The number of hydrogen-bond acceptors (Lipinski definition) is 6. The molecule has 0 spiro atoms. The van der Waals surface area contributed by atoms with Gasteiger partial charge in [0.1, 0.15) is 23.4 Å². The van der Waals surface area contributed by atoms with Crippen molar-refractivity contribution in [3.63, 3.8) is 0 Å². The van der Waals surface area contributed by atoms with Crippen LogP contribution in [0, 0.1) is 0 Å². The third-order valence-corrected chi connectivity index (χ3v) is 5.28. The van der Waals surface area contributed by atoms with Gasteiger partial charge in [-0.2, -0.15) is 0 Å². The van der Waals surface area contributed by atoms with Crippen LogP contribution in [0.25, 0.3) is 0 Å². The normalized spacial score (nSPS) is 12.8. The number of alkyl carbamates (subject to hydrolysis) is 1. The Morgan fingerprint density at radius 3 is 2.17 bits per heavy atom. The average Bonchev–Trinajstić information content (AvgIpc) is 2.77. The Labute approximate surface area is 213 Å². The first-order valence-electron chi connectivity index (χ1n) is 12.5. The molecule has 0 saturated heterocycles. The highest BCUT2D eigenvalue weighted by Crippen LogP contribution is 2.25. The molecule has 0 aliphatic heterocycles. The van der Waals surface area contributed by atoms with Crippen molar-refractivity contribution in [1.82, 2.24) is 15.5 Å². The summed E-state index contributed by atoms with van der Waals surface area (Å²) in [6, 6.07) is 3.67. The summed E-state index contributed by atoms with van der Waals surface area (Å²) in [4.78, 5) is 52.8. The molecular weight excluding hydrogens is 464 g/mol. The predicted octanol–water partition coefficient (Wildman–Crippen LogP) is 3.14. The highest BCUT2D eigenvalue weighted by atomic mass is 16.6. The van der Waals surface area contributed by atoms with Crippen LogP contribution in [-0.2, 0) is 19.1 Å². The van der Waals surface area contributed by atoms with E-state index in [2.05, 4.69) is 10.6 Å². The van der Waals surface area contributed by atoms with Crippen molar-refractivity contribution < 1.29 is 29.0 Å². The second-order valence-corrected chi connectivity index (χ2v) is 9.75. The van der Waals surface area contributed by atoms with Crippen LogP contribution < -0.4 is 16.4 Å². The second kappa shape index (κ2) is 15.0. The standard InChI is InChI=1S/C26H42N4O6/c1-6-8-10-16-30(24(34)20(17-21(27)32)29-25(35)36-26(3,4)5)22(23(33)28-15-9-7-2)18-11-13-19(31)14-12-18/h11-14,20,22,31H,6-10,15-17H2,1-5H3,(H2,27,32)(H,28,33)(H,29,35).